The zero-order chi connectivity index (χ0) is 41.3. The lowest BCUT2D eigenvalue weighted by Gasteiger charge is -2.12. The van der Waals surface area contributed by atoms with E-state index in [0.717, 1.165) is 44.8 Å². The van der Waals surface area contributed by atoms with Crippen molar-refractivity contribution in [1.29, 1.82) is 0 Å². The predicted octanol–water partition coefficient (Wildman–Crippen LogP) is 11.9. The third kappa shape index (κ3) is 5.38. The van der Waals surface area contributed by atoms with Crippen molar-refractivity contribution >= 4 is 21.8 Å². The quantitative estimate of drug-likeness (QED) is 0.182. The van der Waals surface area contributed by atoms with Crippen LogP contribution in [0.1, 0.15) is 13.7 Å². The van der Waals surface area contributed by atoms with Crippen molar-refractivity contribution in [2.45, 2.75) is 0 Å². The maximum atomic E-state index is 8.67. The van der Waals surface area contributed by atoms with Crippen LogP contribution in [0.3, 0.4) is 0 Å². The minimum absolute atomic E-state index is 0.0551. The number of benzene rings is 7. The van der Waals surface area contributed by atoms with E-state index in [1.165, 1.54) is 0 Å². The largest absolute Gasteiger partial charge is 0.309 e. The van der Waals surface area contributed by atoms with Gasteiger partial charge in [0.15, 0.2) is 5.82 Å². The fourth-order valence-electron chi connectivity index (χ4n) is 6.25. The van der Waals surface area contributed by atoms with Gasteiger partial charge in [0.1, 0.15) is 0 Å². The standard InChI is InChI=1S/C46H31N3/c1-5-13-32(14-6-1)37-23-27-44-40(29-37)41-30-38(33-15-7-2-8-16-33)24-28-45(41)49(44)39-25-21-35(22-26-39)43-31-42(34-17-9-3-10-18-34)47-46(48-43)36-19-11-4-12-20-36/h1-31H/i1D,2D,5D,6D,7D,8D,13D,14D,15D,16D. The topological polar surface area (TPSA) is 30.7 Å². The molecule has 0 fully saturated rings. The summed E-state index contributed by atoms with van der Waals surface area (Å²) in [5.74, 6) is 0.596. The first-order valence-electron chi connectivity index (χ1n) is 20.8. The highest BCUT2D eigenvalue weighted by atomic mass is 15.0. The van der Waals surface area contributed by atoms with Crippen LogP contribution < -0.4 is 0 Å². The highest BCUT2D eigenvalue weighted by Crippen LogP contribution is 2.38. The normalized spacial score (nSPS) is 14.1. The average Bonchev–Trinajstić information content (AvgIpc) is 3.60. The van der Waals surface area contributed by atoms with E-state index in [0.29, 0.717) is 27.7 Å². The molecule has 230 valence electrons. The van der Waals surface area contributed by atoms with Gasteiger partial charge < -0.3 is 4.57 Å². The highest BCUT2D eigenvalue weighted by Gasteiger charge is 2.16. The second-order valence-corrected chi connectivity index (χ2v) is 11.5. The first-order chi connectivity index (χ1) is 28.4. The lowest BCUT2D eigenvalue weighted by molar-refractivity contribution is 1.17. The number of hydrogen-bond donors (Lipinski definition) is 0. The summed E-state index contributed by atoms with van der Waals surface area (Å²) in [6.07, 6.45) is 0. The minimum Gasteiger partial charge on any atom is -0.309 e. The Kier molecular flexibility index (Phi) is 4.97. The zero-order valence-electron chi connectivity index (χ0n) is 36.0. The number of hydrogen-bond acceptors (Lipinski definition) is 2. The highest BCUT2D eigenvalue weighted by molar-refractivity contribution is 6.11. The SMILES string of the molecule is [2H]c1c([2H])c([2H])c(-c2ccc3c(c2)c2cc(-c4c([2H])c([2H])c([2H])c([2H])c4[2H])ccc2n3-c2ccc(-c3cc(-c4ccccc4)nc(-c4ccccc4)n3)cc2)c([2H])c1[2H]. The third-order valence-corrected chi connectivity index (χ3v) is 8.59. The molecule has 0 aliphatic rings. The van der Waals surface area contributed by atoms with Crippen LogP contribution in [-0.2, 0) is 0 Å². The molecule has 0 amide bonds. The molecule has 0 spiro atoms. The van der Waals surface area contributed by atoms with E-state index < -0.39 is 36.3 Å². The van der Waals surface area contributed by atoms with Crippen molar-refractivity contribution < 1.29 is 13.7 Å². The summed E-state index contributed by atoms with van der Waals surface area (Å²) in [4.78, 5) is 9.89. The molecule has 9 rings (SSSR count). The van der Waals surface area contributed by atoms with E-state index in [9.17, 15) is 0 Å². The van der Waals surface area contributed by atoms with Crippen LogP contribution in [0, 0.1) is 0 Å². The van der Waals surface area contributed by atoms with Crippen LogP contribution in [0.25, 0.3) is 83.6 Å². The minimum atomic E-state index is -0.484. The first kappa shape index (κ1) is 19.9. The van der Waals surface area contributed by atoms with Crippen molar-refractivity contribution in [2.75, 3.05) is 0 Å². The van der Waals surface area contributed by atoms with Gasteiger partial charge in [-0.2, -0.15) is 0 Å². The first-order valence-corrected chi connectivity index (χ1v) is 15.8. The summed E-state index contributed by atoms with van der Waals surface area (Å²) >= 11 is 0. The van der Waals surface area contributed by atoms with Gasteiger partial charge in [0.25, 0.3) is 0 Å². The van der Waals surface area contributed by atoms with Gasteiger partial charge in [-0.25, -0.2) is 9.97 Å². The van der Waals surface area contributed by atoms with E-state index in [2.05, 4.69) is 0 Å². The molecule has 2 aromatic heterocycles. The number of aromatic nitrogens is 3. The van der Waals surface area contributed by atoms with Gasteiger partial charge in [-0.1, -0.05) is 145 Å². The predicted molar refractivity (Wildman–Crippen MR) is 204 cm³/mol. The Hall–Kier alpha value is -6.58. The summed E-state index contributed by atoms with van der Waals surface area (Å²) in [5.41, 5.74) is 7.42. The van der Waals surface area contributed by atoms with Gasteiger partial charge in [0.05, 0.1) is 36.1 Å². The monoisotopic (exact) mass is 635 g/mol. The molecule has 2 heterocycles. The van der Waals surface area contributed by atoms with Crippen LogP contribution >= 0.6 is 0 Å². The molecular formula is C46H31N3. The summed E-state index contributed by atoms with van der Waals surface area (Å²) in [7, 11) is 0. The summed E-state index contributed by atoms with van der Waals surface area (Å²) in [5, 5.41) is 1.33. The Morgan fingerprint density at radius 3 is 1.35 bits per heavy atom. The molecule has 0 aliphatic carbocycles. The Balaban J connectivity index is 1.24. The van der Waals surface area contributed by atoms with Gasteiger partial charge in [-0.05, 0) is 64.7 Å². The van der Waals surface area contributed by atoms with E-state index in [-0.39, 0.29) is 35.3 Å². The van der Waals surface area contributed by atoms with E-state index in [4.69, 9.17) is 23.7 Å². The number of nitrogens with zero attached hydrogens (tertiary/aromatic N) is 3. The molecule has 7 aromatic carbocycles. The van der Waals surface area contributed by atoms with Crippen molar-refractivity contribution in [3.63, 3.8) is 0 Å². The van der Waals surface area contributed by atoms with Gasteiger partial charge >= 0.3 is 0 Å². The van der Waals surface area contributed by atoms with Crippen molar-refractivity contribution in [3.05, 3.63) is 188 Å². The summed E-state index contributed by atoms with van der Waals surface area (Å²) < 4.78 is 86.1. The van der Waals surface area contributed by atoms with Gasteiger partial charge in [-0.15, -0.1) is 0 Å². The Morgan fingerprint density at radius 1 is 0.388 bits per heavy atom. The van der Waals surface area contributed by atoms with Crippen LogP contribution in [0.15, 0.2) is 188 Å². The maximum absolute atomic E-state index is 8.67. The Morgan fingerprint density at radius 2 is 0.837 bits per heavy atom. The number of fused-ring (bicyclic) bond motifs is 3. The average molecular weight is 636 g/mol. The molecule has 3 heteroatoms. The van der Waals surface area contributed by atoms with E-state index >= 15 is 0 Å². The fourth-order valence-corrected chi connectivity index (χ4v) is 6.25. The Bertz CT molecular complexity index is 2910. The van der Waals surface area contributed by atoms with Crippen LogP contribution in [0.2, 0.25) is 0 Å². The molecule has 9 aromatic rings. The molecule has 3 nitrogen and oxygen atoms in total. The molecule has 0 atom stereocenters. The van der Waals surface area contributed by atoms with Gasteiger partial charge in [0.2, 0.25) is 0 Å². The van der Waals surface area contributed by atoms with E-state index in [1.807, 2.05) is 108 Å². The molecule has 0 unspecified atom stereocenters. The van der Waals surface area contributed by atoms with Crippen molar-refractivity contribution in [2.24, 2.45) is 0 Å². The molecule has 0 aliphatic heterocycles. The zero-order valence-corrected chi connectivity index (χ0v) is 26.0. The summed E-state index contributed by atoms with van der Waals surface area (Å²) in [6, 6.07) is 36.3. The van der Waals surface area contributed by atoms with Gasteiger partial charge in [-0.3, -0.25) is 0 Å². The lowest BCUT2D eigenvalue weighted by atomic mass is 10.0. The fraction of sp³-hybridized carbons (Fsp3) is 0. The second-order valence-electron chi connectivity index (χ2n) is 11.5. The third-order valence-electron chi connectivity index (χ3n) is 8.59. The maximum Gasteiger partial charge on any atom is 0.160 e. The molecule has 0 bridgehead atoms. The molecule has 0 saturated carbocycles. The molecular weight excluding hydrogens is 595 g/mol. The molecule has 0 saturated heterocycles. The van der Waals surface area contributed by atoms with Crippen LogP contribution in [0.4, 0.5) is 0 Å². The Labute approximate surface area is 299 Å². The van der Waals surface area contributed by atoms with Crippen molar-refractivity contribution in [3.8, 4) is 61.8 Å². The molecule has 0 N–H and O–H groups in total. The number of rotatable bonds is 6. The van der Waals surface area contributed by atoms with Crippen molar-refractivity contribution in [1.82, 2.24) is 14.5 Å². The van der Waals surface area contributed by atoms with Crippen LogP contribution in [-0.4, -0.2) is 14.5 Å². The lowest BCUT2D eigenvalue weighted by Crippen LogP contribution is -1.97. The molecule has 49 heavy (non-hydrogen) atoms. The van der Waals surface area contributed by atoms with Gasteiger partial charge in [0, 0.05) is 33.2 Å². The van der Waals surface area contributed by atoms with Crippen LogP contribution in [0.5, 0.6) is 0 Å². The summed E-state index contributed by atoms with van der Waals surface area (Å²) in [6.45, 7) is 0. The second kappa shape index (κ2) is 12.2. The van der Waals surface area contributed by atoms with E-state index in [1.54, 1.807) is 24.3 Å². The smallest absolute Gasteiger partial charge is 0.160 e. The molecule has 0 radical (unpaired) electrons.